The van der Waals surface area contributed by atoms with Crippen molar-refractivity contribution in [3.63, 3.8) is 0 Å². The number of benzene rings is 1. The topological polar surface area (TPSA) is 128 Å². The maximum absolute atomic E-state index is 12.0. The Balaban J connectivity index is 2.01. The number of aliphatic carboxylic acids is 1. The van der Waals surface area contributed by atoms with Crippen molar-refractivity contribution >= 4 is 28.7 Å². The van der Waals surface area contributed by atoms with E-state index in [9.17, 15) is 19.5 Å². The van der Waals surface area contributed by atoms with E-state index in [1.165, 1.54) is 0 Å². The number of nitrogens with one attached hydrogen (secondary N) is 2. The van der Waals surface area contributed by atoms with Gasteiger partial charge in [0.2, 0.25) is 11.8 Å². The minimum Gasteiger partial charge on any atom is -0.548 e. The quantitative estimate of drug-likeness (QED) is 0.619. The Morgan fingerprint density at radius 2 is 2.00 bits per heavy atom. The molecule has 7 heteroatoms. The number of carboxylic acids is 1. The molecular weight excluding hydrogens is 286 g/mol. The monoisotopic (exact) mass is 302 g/mol. The summed E-state index contributed by atoms with van der Waals surface area (Å²) in [5, 5.41) is 14.2. The minimum absolute atomic E-state index is 0.0321. The molecule has 116 valence electrons. The zero-order chi connectivity index (χ0) is 16.1. The normalized spacial score (nSPS) is 12.0. The number of hydrogen-bond acceptors (Lipinski definition) is 4. The number of carboxylic acid groups (broad SMARTS) is 1. The molecule has 0 bridgehead atoms. The Hall–Kier alpha value is -2.83. The van der Waals surface area contributed by atoms with Gasteiger partial charge in [-0.15, -0.1) is 0 Å². The smallest absolute Gasteiger partial charge is 0.225 e. The summed E-state index contributed by atoms with van der Waals surface area (Å²) in [6, 6.07) is 6.25. The number of hydrogen-bond donors (Lipinski definition) is 3. The lowest BCUT2D eigenvalue weighted by Crippen LogP contribution is -2.48. The molecule has 22 heavy (non-hydrogen) atoms. The highest BCUT2D eigenvalue weighted by Crippen LogP contribution is 2.18. The number of carbonyl (C=O) groups excluding carboxylic acids is 3. The first-order chi connectivity index (χ1) is 10.5. The van der Waals surface area contributed by atoms with E-state index in [2.05, 4.69) is 10.3 Å². The molecule has 0 saturated heterocycles. The van der Waals surface area contributed by atoms with Crippen molar-refractivity contribution in [1.82, 2.24) is 10.3 Å². The van der Waals surface area contributed by atoms with Gasteiger partial charge in [-0.25, -0.2) is 0 Å². The van der Waals surface area contributed by atoms with Gasteiger partial charge in [0, 0.05) is 23.5 Å². The molecule has 7 nitrogen and oxygen atoms in total. The standard InChI is InChI=1S/C15H17N3O4/c16-13(19)6-5-12(15(21)22)18-14(20)7-9-8-17-11-4-2-1-3-10(9)11/h1-4,8,12,17H,5-7H2,(H2,16,19)(H,18,20)(H,21,22)/p-1. The van der Waals surface area contributed by atoms with Crippen molar-refractivity contribution in [2.24, 2.45) is 5.73 Å². The summed E-state index contributed by atoms with van der Waals surface area (Å²) in [7, 11) is 0. The van der Waals surface area contributed by atoms with Crippen LogP contribution in [0.3, 0.4) is 0 Å². The summed E-state index contributed by atoms with van der Waals surface area (Å²) in [4.78, 5) is 36.7. The van der Waals surface area contributed by atoms with Crippen LogP contribution in [0.2, 0.25) is 0 Å². The van der Waals surface area contributed by atoms with E-state index in [0.717, 1.165) is 16.5 Å². The lowest BCUT2D eigenvalue weighted by Gasteiger charge is -2.19. The molecule has 2 amide bonds. The van der Waals surface area contributed by atoms with Gasteiger partial charge >= 0.3 is 0 Å². The molecule has 0 aliphatic rings. The molecule has 1 unspecified atom stereocenters. The van der Waals surface area contributed by atoms with Gasteiger partial charge in [0.25, 0.3) is 0 Å². The SMILES string of the molecule is NC(=O)CCC(NC(=O)Cc1c[nH]c2ccccc12)C(=O)[O-]. The van der Waals surface area contributed by atoms with Gasteiger partial charge in [0.1, 0.15) is 0 Å². The summed E-state index contributed by atoms with van der Waals surface area (Å²) >= 11 is 0. The molecule has 2 aromatic rings. The molecule has 4 N–H and O–H groups in total. The van der Waals surface area contributed by atoms with Gasteiger partial charge in [-0.05, 0) is 18.1 Å². The molecular formula is C15H16N3O4-. The molecule has 0 spiro atoms. The Bertz CT molecular complexity index is 708. The zero-order valence-corrected chi connectivity index (χ0v) is 11.8. The number of primary amides is 1. The van der Waals surface area contributed by atoms with Crippen LogP contribution in [0, 0.1) is 0 Å². The highest BCUT2D eigenvalue weighted by molar-refractivity contribution is 5.90. The molecule has 0 fully saturated rings. The maximum atomic E-state index is 12.0. The van der Waals surface area contributed by atoms with Crippen LogP contribution in [0.5, 0.6) is 0 Å². The fourth-order valence-corrected chi connectivity index (χ4v) is 2.23. The molecule has 0 aliphatic heterocycles. The Morgan fingerprint density at radius 1 is 1.27 bits per heavy atom. The second-order valence-corrected chi connectivity index (χ2v) is 4.98. The van der Waals surface area contributed by atoms with Crippen LogP contribution in [0.1, 0.15) is 18.4 Å². The average Bonchev–Trinajstić information content (AvgIpc) is 2.86. The molecule has 0 aliphatic carbocycles. The van der Waals surface area contributed by atoms with Crippen LogP contribution >= 0.6 is 0 Å². The van der Waals surface area contributed by atoms with Crippen molar-refractivity contribution in [3.8, 4) is 0 Å². The first kappa shape index (κ1) is 15.6. The summed E-state index contributed by atoms with van der Waals surface area (Å²) in [6.45, 7) is 0. The summed E-state index contributed by atoms with van der Waals surface area (Å²) in [5.74, 6) is -2.52. The average molecular weight is 302 g/mol. The number of aromatic amines is 1. The Labute approximate surface area is 126 Å². The number of amides is 2. The maximum Gasteiger partial charge on any atom is 0.225 e. The number of para-hydroxylation sites is 1. The number of aromatic nitrogens is 1. The van der Waals surface area contributed by atoms with E-state index < -0.39 is 23.8 Å². The molecule has 2 rings (SSSR count). The van der Waals surface area contributed by atoms with E-state index in [1.807, 2.05) is 24.3 Å². The summed E-state index contributed by atoms with van der Waals surface area (Å²) in [6.07, 6.45) is 1.52. The second-order valence-electron chi connectivity index (χ2n) is 4.98. The van der Waals surface area contributed by atoms with Crippen LogP contribution in [0.25, 0.3) is 10.9 Å². The number of nitrogens with two attached hydrogens (primary N) is 1. The fourth-order valence-electron chi connectivity index (χ4n) is 2.23. The van der Waals surface area contributed by atoms with E-state index in [4.69, 9.17) is 5.73 Å². The van der Waals surface area contributed by atoms with E-state index >= 15 is 0 Å². The number of H-pyrrole nitrogens is 1. The minimum atomic E-state index is -1.44. The van der Waals surface area contributed by atoms with Crippen LogP contribution in [0.4, 0.5) is 0 Å². The first-order valence-corrected chi connectivity index (χ1v) is 6.81. The van der Waals surface area contributed by atoms with Gasteiger partial charge < -0.3 is 25.9 Å². The van der Waals surface area contributed by atoms with Crippen molar-refractivity contribution in [1.29, 1.82) is 0 Å². The van der Waals surface area contributed by atoms with Crippen molar-refractivity contribution in [2.75, 3.05) is 0 Å². The fraction of sp³-hybridized carbons (Fsp3) is 0.267. The number of fused-ring (bicyclic) bond motifs is 1. The van der Waals surface area contributed by atoms with E-state index in [0.29, 0.717) is 0 Å². The predicted molar refractivity (Wildman–Crippen MR) is 77.4 cm³/mol. The van der Waals surface area contributed by atoms with E-state index in [1.54, 1.807) is 6.20 Å². The van der Waals surface area contributed by atoms with E-state index in [-0.39, 0.29) is 19.3 Å². The summed E-state index contributed by atoms with van der Waals surface area (Å²) < 4.78 is 0. The molecule has 0 radical (unpaired) electrons. The van der Waals surface area contributed by atoms with Gasteiger partial charge in [-0.2, -0.15) is 0 Å². The molecule has 1 atom stereocenters. The second kappa shape index (κ2) is 6.75. The first-order valence-electron chi connectivity index (χ1n) is 6.81. The third-order valence-corrected chi connectivity index (χ3v) is 3.33. The molecule has 1 aromatic carbocycles. The van der Waals surface area contributed by atoms with Crippen molar-refractivity contribution < 1.29 is 19.5 Å². The van der Waals surface area contributed by atoms with Crippen LogP contribution in [-0.4, -0.2) is 28.8 Å². The lowest BCUT2D eigenvalue weighted by atomic mass is 10.1. The van der Waals surface area contributed by atoms with Gasteiger partial charge in [0.05, 0.1) is 18.4 Å². The zero-order valence-electron chi connectivity index (χ0n) is 11.8. The van der Waals surface area contributed by atoms with Crippen LogP contribution in [-0.2, 0) is 20.8 Å². The van der Waals surface area contributed by atoms with Crippen LogP contribution in [0.15, 0.2) is 30.5 Å². The highest BCUT2D eigenvalue weighted by atomic mass is 16.4. The van der Waals surface area contributed by atoms with Gasteiger partial charge in [-0.3, -0.25) is 9.59 Å². The van der Waals surface area contributed by atoms with Crippen LogP contribution < -0.4 is 16.2 Å². The Morgan fingerprint density at radius 3 is 2.68 bits per heavy atom. The number of carbonyl (C=O) groups is 3. The lowest BCUT2D eigenvalue weighted by molar-refractivity contribution is -0.308. The highest BCUT2D eigenvalue weighted by Gasteiger charge is 2.16. The summed E-state index contributed by atoms with van der Waals surface area (Å²) in [5.41, 5.74) is 6.64. The molecule has 0 saturated carbocycles. The van der Waals surface area contributed by atoms with Gasteiger partial charge in [-0.1, -0.05) is 18.2 Å². The largest absolute Gasteiger partial charge is 0.548 e. The Kier molecular flexibility index (Phi) is 4.77. The van der Waals surface area contributed by atoms with Gasteiger partial charge in [0.15, 0.2) is 0 Å². The van der Waals surface area contributed by atoms with Crippen molar-refractivity contribution in [2.45, 2.75) is 25.3 Å². The van der Waals surface area contributed by atoms with Crippen molar-refractivity contribution in [3.05, 3.63) is 36.0 Å². The molecule has 1 heterocycles. The predicted octanol–water partition coefficient (Wildman–Crippen LogP) is -0.789. The number of rotatable bonds is 7. The molecule has 1 aromatic heterocycles. The third-order valence-electron chi connectivity index (χ3n) is 3.33. The third kappa shape index (κ3) is 3.85.